The second-order valence-corrected chi connectivity index (χ2v) is 10.4. The summed E-state index contributed by atoms with van der Waals surface area (Å²) in [5.74, 6) is 0.938. The average molecular weight is 406 g/mol. The molecule has 2 aliphatic carbocycles. The van der Waals surface area contributed by atoms with Crippen molar-refractivity contribution in [3.63, 3.8) is 0 Å². The molecule has 6 heteroatoms. The fraction of sp³-hybridized carbons (Fsp3) is 0.783. The first kappa shape index (κ1) is 21.8. The van der Waals surface area contributed by atoms with E-state index < -0.39 is 23.5 Å². The Labute approximate surface area is 173 Å². The number of ether oxygens (including phenoxy) is 1. The van der Waals surface area contributed by atoms with Gasteiger partial charge in [0.05, 0.1) is 18.0 Å². The summed E-state index contributed by atoms with van der Waals surface area (Å²) in [7, 11) is 0. The molecule has 2 saturated carbocycles. The summed E-state index contributed by atoms with van der Waals surface area (Å²) >= 11 is 0. The van der Waals surface area contributed by atoms with Crippen molar-refractivity contribution < 1.29 is 24.0 Å². The molecule has 0 aliphatic heterocycles. The molecule has 0 radical (unpaired) electrons. The predicted octanol–water partition coefficient (Wildman–Crippen LogP) is 5.07. The first-order valence-electron chi connectivity index (χ1n) is 11.0. The van der Waals surface area contributed by atoms with Crippen molar-refractivity contribution in [3.05, 3.63) is 17.0 Å². The Bertz CT molecular complexity index is 735. The smallest absolute Gasteiger partial charge is 0.307 e. The van der Waals surface area contributed by atoms with Gasteiger partial charge >= 0.3 is 11.9 Å². The number of hydrogen-bond acceptors (Lipinski definition) is 5. The Balaban J connectivity index is 1.69. The zero-order valence-electron chi connectivity index (χ0n) is 18.4. The normalized spacial score (nSPS) is 23.0. The summed E-state index contributed by atoms with van der Waals surface area (Å²) in [6.45, 7) is 9.85. The lowest BCUT2D eigenvalue weighted by Crippen LogP contribution is -2.28. The lowest BCUT2D eigenvalue weighted by molar-refractivity contribution is -0.159. The van der Waals surface area contributed by atoms with Crippen LogP contribution in [0.15, 0.2) is 4.52 Å². The summed E-state index contributed by atoms with van der Waals surface area (Å²) in [5.41, 5.74) is 1.23. The van der Waals surface area contributed by atoms with Gasteiger partial charge in [0.15, 0.2) is 0 Å². The van der Waals surface area contributed by atoms with Crippen LogP contribution in [0.25, 0.3) is 0 Å². The maximum absolute atomic E-state index is 12.2. The molecule has 6 nitrogen and oxygen atoms in total. The van der Waals surface area contributed by atoms with Gasteiger partial charge in [-0.15, -0.1) is 0 Å². The lowest BCUT2D eigenvalue weighted by atomic mass is 9.69. The molecular formula is C23H35NO5. The van der Waals surface area contributed by atoms with Crippen molar-refractivity contribution in [2.24, 2.45) is 17.8 Å². The van der Waals surface area contributed by atoms with Crippen molar-refractivity contribution in [1.82, 2.24) is 5.16 Å². The molecule has 0 aromatic carbocycles. The number of esters is 1. The number of aliphatic carboxylic acids is 1. The molecule has 1 heterocycles. The van der Waals surface area contributed by atoms with E-state index in [1.165, 1.54) is 6.42 Å². The van der Waals surface area contributed by atoms with E-state index in [2.05, 4.69) is 19.0 Å². The van der Waals surface area contributed by atoms with Gasteiger partial charge in [-0.25, -0.2) is 0 Å². The third-order valence-corrected chi connectivity index (χ3v) is 5.85. The van der Waals surface area contributed by atoms with Crippen LogP contribution in [0.4, 0.5) is 0 Å². The van der Waals surface area contributed by atoms with Crippen LogP contribution in [0, 0.1) is 17.8 Å². The SMILES string of the molecule is CC(C)CC1CC(c2onc(C[C@H](CC(=O)OC(C)(C)C)C(=O)O)c2C2CC2)C1. The predicted molar refractivity (Wildman–Crippen MR) is 109 cm³/mol. The molecule has 0 amide bonds. The van der Waals surface area contributed by atoms with Gasteiger partial charge in [0, 0.05) is 17.9 Å². The minimum Gasteiger partial charge on any atom is -0.481 e. The zero-order valence-corrected chi connectivity index (χ0v) is 18.4. The monoisotopic (exact) mass is 405 g/mol. The summed E-state index contributed by atoms with van der Waals surface area (Å²) in [4.78, 5) is 23.9. The molecule has 1 aromatic heterocycles. The molecule has 162 valence electrons. The second kappa shape index (κ2) is 8.49. The maximum Gasteiger partial charge on any atom is 0.307 e. The Morgan fingerprint density at radius 1 is 1.21 bits per heavy atom. The molecule has 0 spiro atoms. The van der Waals surface area contributed by atoms with Crippen LogP contribution in [0.1, 0.15) is 102 Å². The van der Waals surface area contributed by atoms with E-state index in [0.29, 0.717) is 17.8 Å². The van der Waals surface area contributed by atoms with Gasteiger partial charge in [-0.3, -0.25) is 9.59 Å². The molecule has 2 aliphatic rings. The van der Waals surface area contributed by atoms with E-state index in [1.54, 1.807) is 20.8 Å². The molecule has 0 bridgehead atoms. The molecular weight excluding hydrogens is 370 g/mol. The summed E-state index contributed by atoms with van der Waals surface area (Å²) < 4.78 is 11.1. The zero-order chi connectivity index (χ0) is 21.3. The van der Waals surface area contributed by atoms with Crippen LogP contribution < -0.4 is 0 Å². The first-order valence-corrected chi connectivity index (χ1v) is 11.0. The van der Waals surface area contributed by atoms with Crippen LogP contribution in [0.5, 0.6) is 0 Å². The van der Waals surface area contributed by atoms with Gasteiger partial charge in [-0.1, -0.05) is 19.0 Å². The number of hydrogen-bond donors (Lipinski definition) is 1. The Morgan fingerprint density at radius 2 is 1.86 bits per heavy atom. The largest absolute Gasteiger partial charge is 0.481 e. The van der Waals surface area contributed by atoms with E-state index >= 15 is 0 Å². The second-order valence-electron chi connectivity index (χ2n) is 10.4. The standard InChI is InChI=1S/C23H35NO5/c1-13(2)8-14-9-16(10-14)21-20(15-6-7-15)18(24-29-21)11-17(22(26)27)12-19(25)28-23(3,4)5/h13-17H,6-12H2,1-5H3,(H,26,27)/t14?,16?,17-/m1/s1. The Hall–Kier alpha value is -1.85. The number of carbonyl (C=O) groups excluding carboxylic acids is 1. The molecule has 1 N–H and O–H groups in total. The molecule has 2 fully saturated rings. The van der Waals surface area contributed by atoms with Gasteiger partial charge in [0.2, 0.25) is 0 Å². The minimum absolute atomic E-state index is 0.154. The topological polar surface area (TPSA) is 89.6 Å². The van der Waals surface area contributed by atoms with Gasteiger partial charge < -0.3 is 14.4 Å². The fourth-order valence-corrected chi connectivity index (χ4v) is 4.47. The third-order valence-electron chi connectivity index (χ3n) is 5.85. The highest BCUT2D eigenvalue weighted by Gasteiger charge is 2.41. The van der Waals surface area contributed by atoms with Gasteiger partial charge in [-0.2, -0.15) is 0 Å². The Kier molecular flexibility index (Phi) is 6.39. The molecule has 3 rings (SSSR count). The van der Waals surface area contributed by atoms with Crippen molar-refractivity contribution >= 4 is 11.9 Å². The highest BCUT2D eigenvalue weighted by atomic mass is 16.6. The van der Waals surface area contributed by atoms with Crippen LogP contribution >= 0.6 is 0 Å². The van der Waals surface area contributed by atoms with Crippen molar-refractivity contribution in [2.75, 3.05) is 0 Å². The van der Waals surface area contributed by atoms with E-state index in [1.807, 2.05) is 0 Å². The van der Waals surface area contributed by atoms with Crippen LogP contribution in [0.2, 0.25) is 0 Å². The molecule has 29 heavy (non-hydrogen) atoms. The van der Waals surface area contributed by atoms with E-state index in [9.17, 15) is 14.7 Å². The van der Waals surface area contributed by atoms with Crippen molar-refractivity contribution in [1.29, 1.82) is 0 Å². The number of aromatic nitrogens is 1. The average Bonchev–Trinajstić information content (AvgIpc) is 3.29. The van der Waals surface area contributed by atoms with E-state index in [-0.39, 0.29) is 12.8 Å². The number of carboxylic acid groups (broad SMARTS) is 1. The number of nitrogens with zero attached hydrogens (tertiary/aromatic N) is 1. The van der Waals surface area contributed by atoms with E-state index in [4.69, 9.17) is 9.26 Å². The molecule has 1 aromatic rings. The summed E-state index contributed by atoms with van der Waals surface area (Å²) in [5, 5.41) is 13.9. The Morgan fingerprint density at radius 3 is 2.38 bits per heavy atom. The van der Waals surface area contributed by atoms with Gasteiger partial charge in [0.25, 0.3) is 0 Å². The van der Waals surface area contributed by atoms with Crippen molar-refractivity contribution in [2.45, 2.75) is 97.0 Å². The maximum atomic E-state index is 12.2. The minimum atomic E-state index is -0.997. The van der Waals surface area contributed by atoms with Gasteiger partial charge in [0.1, 0.15) is 11.4 Å². The molecule has 1 atom stereocenters. The lowest BCUT2D eigenvalue weighted by Gasteiger charge is -2.35. The number of carboxylic acids is 1. The quantitative estimate of drug-likeness (QED) is 0.577. The highest BCUT2D eigenvalue weighted by molar-refractivity contribution is 5.79. The summed E-state index contributed by atoms with van der Waals surface area (Å²) in [6.07, 6.45) is 5.78. The highest BCUT2D eigenvalue weighted by Crippen LogP contribution is 2.51. The molecule has 0 saturated heterocycles. The summed E-state index contributed by atoms with van der Waals surface area (Å²) in [6, 6.07) is 0. The van der Waals surface area contributed by atoms with Crippen LogP contribution in [0.3, 0.4) is 0 Å². The van der Waals surface area contributed by atoms with Crippen LogP contribution in [-0.4, -0.2) is 27.8 Å². The molecule has 0 unspecified atom stereocenters. The number of carbonyl (C=O) groups is 2. The first-order chi connectivity index (χ1) is 13.5. The van der Waals surface area contributed by atoms with Gasteiger partial charge in [-0.05, 0) is 70.6 Å². The van der Waals surface area contributed by atoms with Crippen LogP contribution in [-0.2, 0) is 20.7 Å². The van der Waals surface area contributed by atoms with E-state index in [0.717, 1.165) is 48.6 Å². The number of rotatable bonds is 9. The fourth-order valence-electron chi connectivity index (χ4n) is 4.47. The van der Waals surface area contributed by atoms with Crippen molar-refractivity contribution in [3.8, 4) is 0 Å². The third kappa shape index (κ3) is 5.83.